The number of amides is 2. The number of anilines is 2. The molecule has 0 radical (unpaired) electrons. The molecular weight excluding hydrogens is 378 g/mol. The summed E-state index contributed by atoms with van der Waals surface area (Å²) in [6.07, 6.45) is 4.20. The number of nitrogens with one attached hydrogen (secondary N) is 1. The Hall–Kier alpha value is -3.35. The Kier molecular flexibility index (Phi) is 6.27. The molecule has 3 aromatic rings. The SMILES string of the molecule is CCOc1ccccc1CN(C(=O)Nc1ccccc1)c1nnc2n1CCCCC2. The van der Waals surface area contributed by atoms with Crippen molar-refractivity contribution >= 4 is 17.7 Å². The predicted octanol–water partition coefficient (Wildman–Crippen LogP) is 4.64. The van der Waals surface area contributed by atoms with Crippen LogP contribution in [0, 0.1) is 0 Å². The number of aryl methyl sites for hydroxylation is 1. The van der Waals surface area contributed by atoms with E-state index in [2.05, 4.69) is 20.1 Å². The molecule has 0 aliphatic carbocycles. The molecule has 0 bridgehead atoms. The normalized spacial score (nSPS) is 13.2. The van der Waals surface area contributed by atoms with Gasteiger partial charge in [-0.1, -0.05) is 42.8 Å². The van der Waals surface area contributed by atoms with Gasteiger partial charge in [0.15, 0.2) is 0 Å². The second-order valence-corrected chi connectivity index (χ2v) is 7.30. The second-order valence-electron chi connectivity index (χ2n) is 7.30. The van der Waals surface area contributed by atoms with E-state index in [1.807, 2.05) is 61.5 Å². The van der Waals surface area contributed by atoms with Crippen molar-refractivity contribution < 1.29 is 9.53 Å². The minimum absolute atomic E-state index is 0.244. The summed E-state index contributed by atoms with van der Waals surface area (Å²) in [5.41, 5.74) is 1.66. The van der Waals surface area contributed by atoms with Gasteiger partial charge < -0.3 is 10.1 Å². The second kappa shape index (κ2) is 9.43. The summed E-state index contributed by atoms with van der Waals surface area (Å²) in [4.78, 5) is 15.0. The summed E-state index contributed by atoms with van der Waals surface area (Å²) in [5, 5.41) is 11.8. The smallest absolute Gasteiger partial charge is 0.329 e. The number of benzene rings is 2. The molecule has 0 saturated heterocycles. The number of carbonyl (C=O) groups is 1. The van der Waals surface area contributed by atoms with E-state index in [1.54, 1.807) is 4.90 Å². The Bertz CT molecular complexity index is 986. The fraction of sp³-hybridized carbons (Fsp3) is 0.348. The highest BCUT2D eigenvalue weighted by molar-refractivity contribution is 6.00. The summed E-state index contributed by atoms with van der Waals surface area (Å²) < 4.78 is 7.87. The Balaban J connectivity index is 1.68. The molecular formula is C23H27N5O2. The first kappa shape index (κ1) is 19.9. The van der Waals surface area contributed by atoms with Crippen molar-refractivity contribution in [2.45, 2.75) is 45.7 Å². The summed E-state index contributed by atoms with van der Waals surface area (Å²) >= 11 is 0. The fourth-order valence-electron chi connectivity index (χ4n) is 3.72. The molecule has 7 heteroatoms. The Morgan fingerprint density at radius 3 is 2.70 bits per heavy atom. The van der Waals surface area contributed by atoms with Gasteiger partial charge in [0.2, 0.25) is 5.95 Å². The lowest BCUT2D eigenvalue weighted by molar-refractivity contribution is 0.256. The van der Waals surface area contributed by atoms with E-state index >= 15 is 0 Å². The van der Waals surface area contributed by atoms with Gasteiger partial charge in [-0.3, -0.25) is 9.47 Å². The number of para-hydroxylation sites is 2. The molecule has 0 fully saturated rings. The summed E-state index contributed by atoms with van der Waals surface area (Å²) in [6, 6.07) is 17.0. The van der Waals surface area contributed by atoms with Gasteiger partial charge >= 0.3 is 6.03 Å². The zero-order chi connectivity index (χ0) is 20.8. The quantitative estimate of drug-likeness (QED) is 0.648. The van der Waals surface area contributed by atoms with Crippen LogP contribution in [-0.2, 0) is 19.5 Å². The van der Waals surface area contributed by atoms with Crippen LogP contribution in [0.25, 0.3) is 0 Å². The molecule has 2 aromatic carbocycles. The van der Waals surface area contributed by atoms with Gasteiger partial charge in [-0.2, -0.15) is 0 Å². The average Bonchev–Trinajstić information content (AvgIpc) is 3.01. The number of hydrogen-bond donors (Lipinski definition) is 1. The Labute approximate surface area is 176 Å². The Morgan fingerprint density at radius 2 is 1.87 bits per heavy atom. The van der Waals surface area contributed by atoms with Crippen molar-refractivity contribution in [1.82, 2.24) is 14.8 Å². The molecule has 2 heterocycles. The lowest BCUT2D eigenvalue weighted by Crippen LogP contribution is -2.36. The van der Waals surface area contributed by atoms with Crippen LogP contribution in [0.5, 0.6) is 5.75 Å². The van der Waals surface area contributed by atoms with Crippen LogP contribution in [0.2, 0.25) is 0 Å². The van der Waals surface area contributed by atoms with Crippen LogP contribution >= 0.6 is 0 Å². The van der Waals surface area contributed by atoms with Gasteiger partial charge in [-0.15, -0.1) is 10.2 Å². The predicted molar refractivity (Wildman–Crippen MR) is 117 cm³/mol. The van der Waals surface area contributed by atoms with E-state index in [4.69, 9.17) is 4.74 Å². The summed E-state index contributed by atoms with van der Waals surface area (Å²) in [6.45, 7) is 3.68. The summed E-state index contributed by atoms with van der Waals surface area (Å²) in [7, 11) is 0. The van der Waals surface area contributed by atoms with Crippen molar-refractivity contribution in [2.75, 3.05) is 16.8 Å². The molecule has 0 spiro atoms. The molecule has 1 N–H and O–H groups in total. The van der Waals surface area contributed by atoms with Crippen molar-refractivity contribution in [3.05, 3.63) is 66.0 Å². The van der Waals surface area contributed by atoms with Crippen LogP contribution in [0.15, 0.2) is 54.6 Å². The number of hydrogen-bond acceptors (Lipinski definition) is 4. The van der Waals surface area contributed by atoms with Crippen LogP contribution in [0.1, 0.15) is 37.6 Å². The van der Waals surface area contributed by atoms with Crippen molar-refractivity contribution in [3.8, 4) is 5.75 Å². The highest BCUT2D eigenvalue weighted by Crippen LogP contribution is 2.26. The maximum atomic E-state index is 13.3. The standard InChI is InChI=1S/C23H27N5O2/c1-2-30-20-14-9-8-11-18(20)17-28(23(29)24-19-12-5-3-6-13-19)22-26-25-21-15-7-4-10-16-27(21)22/h3,5-6,8-9,11-14H,2,4,7,10,15-17H2,1H3,(H,24,29). The van der Waals surface area contributed by atoms with Gasteiger partial charge in [0, 0.05) is 24.2 Å². The summed E-state index contributed by atoms with van der Waals surface area (Å²) in [5.74, 6) is 2.29. The van der Waals surface area contributed by atoms with Gasteiger partial charge in [0.25, 0.3) is 0 Å². The lowest BCUT2D eigenvalue weighted by atomic mass is 10.2. The molecule has 0 unspecified atom stereocenters. The van der Waals surface area contributed by atoms with Gasteiger partial charge in [-0.05, 0) is 38.0 Å². The lowest BCUT2D eigenvalue weighted by Gasteiger charge is -2.24. The van der Waals surface area contributed by atoms with E-state index in [9.17, 15) is 4.79 Å². The van der Waals surface area contributed by atoms with Crippen molar-refractivity contribution in [2.24, 2.45) is 0 Å². The number of nitrogens with zero attached hydrogens (tertiary/aromatic N) is 4. The molecule has 1 aliphatic heterocycles. The minimum atomic E-state index is -0.244. The molecule has 4 rings (SSSR count). The third kappa shape index (κ3) is 4.45. The van der Waals surface area contributed by atoms with E-state index in [0.717, 1.165) is 55.1 Å². The first-order valence-electron chi connectivity index (χ1n) is 10.5. The number of carbonyl (C=O) groups excluding carboxylic acids is 1. The maximum absolute atomic E-state index is 13.3. The highest BCUT2D eigenvalue weighted by atomic mass is 16.5. The minimum Gasteiger partial charge on any atom is -0.494 e. The molecule has 0 saturated carbocycles. The number of rotatable bonds is 6. The van der Waals surface area contributed by atoms with E-state index in [0.29, 0.717) is 19.1 Å². The number of aromatic nitrogens is 3. The zero-order valence-corrected chi connectivity index (χ0v) is 17.3. The van der Waals surface area contributed by atoms with E-state index in [1.165, 1.54) is 0 Å². The van der Waals surface area contributed by atoms with Crippen LogP contribution < -0.4 is 15.0 Å². The van der Waals surface area contributed by atoms with Crippen molar-refractivity contribution in [1.29, 1.82) is 0 Å². The third-order valence-electron chi connectivity index (χ3n) is 5.20. The van der Waals surface area contributed by atoms with Crippen molar-refractivity contribution in [3.63, 3.8) is 0 Å². The molecule has 2 amide bonds. The molecule has 156 valence electrons. The monoisotopic (exact) mass is 405 g/mol. The van der Waals surface area contributed by atoms with Gasteiger partial charge in [0.05, 0.1) is 13.2 Å². The molecule has 0 atom stereocenters. The molecule has 1 aromatic heterocycles. The zero-order valence-electron chi connectivity index (χ0n) is 17.3. The molecule has 7 nitrogen and oxygen atoms in total. The highest BCUT2D eigenvalue weighted by Gasteiger charge is 2.26. The first-order valence-corrected chi connectivity index (χ1v) is 10.5. The van der Waals surface area contributed by atoms with Gasteiger partial charge in [0.1, 0.15) is 11.6 Å². The topological polar surface area (TPSA) is 72.3 Å². The first-order chi connectivity index (χ1) is 14.8. The maximum Gasteiger partial charge on any atom is 0.329 e. The molecule has 30 heavy (non-hydrogen) atoms. The van der Waals surface area contributed by atoms with Crippen LogP contribution in [-0.4, -0.2) is 27.4 Å². The van der Waals surface area contributed by atoms with E-state index in [-0.39, 0.29) is 6.03 Å². The largest absolute Gasteiger partial charge is 0.494 e. The number of fused-ring (bicyclic) bond motifs is 1. The number of ether oxygens (including phenoxy) is 1. The fourth-order valence-corrected chi connectivity index (χ4v) is 3.72. The van der Waals surface area contributed by atoms with E-state index < -0.39 is 0 Å². The van der Waals surface area contributed by atoms with Crippen LogP contribution in [0.4, 0.5) is 16.4 Å². The third-order valence-corrected chi connectivity index (χ3v) is 5.20. The number of urea groups is 1. The van der Waals surface area contributed by atoms with Gasteiger partial charge in [-0.25, -0.2) is 4.79 Å². The average molecular weight is 406 g/mol. The Morgan fingerprint density at radius 1 is 1.07 bits per heavy atom. The van der Waals surface area contributed by atoms with Crippen LogP contribution in [0.3, 0.4) is 0 Å². The molecule has 1 aliphatic rings.